The molecule has 0 N–H and O–H groups in total. The van der Waals surface area contributed by atoms with Crippen LogP contribution in [0.5, 0.6) is 0 Å². The Morgan fingerprint density at radius 3 is 1.81 bits per heavy atom. The summed E-state index contributed by atoms with van der Waals surface area (Å²) in [5.74, 6) is -14.8. The van der Waals surface area contributed by atoms with Crippen molar-refractivity contribution in [1.29, 1.82) is 0 Å². The Kier molecular flexibility index (Phi) is 11.0. The van der Waals surface area contributed by atoms with Gasteiger partial charge in [-0.05, 0) is 19.4 Å². The summed E-state index contributed by atoms with van der Waals surface area (Å²) in [5, 5.41) is -7.11. The Labute approximate surface area is 180 Å². The predicted octanol–water partition coefficient (Wildman–Crippen LogP) is 5.60. The van der Waals surface area contributed by atoms with Crippen LogP contribution in [0.15, 0.2) is 24.5 Å². The summed E-state index contributed by atoms with van der Waals surface area (Å²) in [5.41, 5.74) is 1.35. The van der Waals surface area contributed by atoms with Crippen molar-refractivity contribution in [2.45, 2.75) is 82.2 Å². The molecule has 1 heterocycles. The molecule has 0 aromatic carbocycles. The maximum atomic E-state index is 12.2. The molecule has 0 bridgehead atoms. The fraction of sp³-hybridized carbons (Fsp3) is 0.722. The van der Waals surface area contributed by atoms with Gasteiger partial charge in [0, 0.05) is 18.1 Å². The number of unbranched alkanes of at least 4 members (excludes halogenated alkanes) is 5. The SMILES string of the molecule is CCCCCCCC[n+]1cccc(C)c1.O=S(=O)([O-])C(F)(F)C(F)(F)C(F)(F)C(F)(F)F. The van der Waals surface area contributed by atoms with Crippen LogP contribution in [0.4, 0.5) is 39.5 Å². The van der Waals surface area contributed by atoms with Gasteiger partial charge < -0.3 is 4.55 Å². The molecule has 0 atom stereocenters. The number of rotatable bonds is 10. The highest BCUT2D eigenvalue weighted by atomic mass is 32.2. The standard InChI is InChI=1S/C14H24N.C4HF9O3S/c1-3-4-5-6-7-8-11-15-12-9-10-14(2)13-15;5-1(6,3(9,10)11)2(7,8)4(12,13)17(14,15)16/h9-10,12-13H,3-8,11H2,1-2H3;(H,14,15,16)/q+1;/p-1. The molecule has 32 heavy (non-hydrogen) atoms. The van der Waals surface area contributed by atoms with E-state index >= 15 is 0 Å². The zero-order chi connectivity index (χ0) is 25.4. The Bertz CT molecular complexity index is 812. The van der Waals surface area contributed by atoms with E-state index in [1.807, 2.05) is 0 Å². The highest BCUT2D eigenvalue weighted by Crippen LogP contribution is 2.54. The number of pyridine rings is 1. The maximum absolute atomic E-state index is 12.2. The first-order valence-electron chi connectivity index (χ1n) is 9.44. The van der Waals surface area contributed by atoms with E-state index in [-0.39, 0.29) is 0 Å². The molecule has 188 valence electrons. The number of hydrogen-bond donors (Lipinski definition) is 0. The van der Waals surface area contributed by atoms with E-state index in [1.54, 1.807) is 0 Å². The third kappa shape index (κ3) is 7.78. The van der Waals surface area contributed by atoms with Crippen LogP contribution in [0.3, 0.4) is 0 Å². The van der Waals surface area contributed by atoms with Gasteiger partial charge in [-0.25, -0.2) is 13.0 Å². The smallest absolute Gasteiger partial charge is 0.460 e. The summed E-state index contributed by atoms with van der Waals surface area (Å²) in [6.45, 7) is 5.59. The summed E-state index contributed by atoms with van der Waals surface area (Å²) in [7, 11) is -7.42. The molecule has 0 aliphatic carbocycles. The number of alkyl halides is 9. The zero-order valence-electron chi connectivity index (χ0n) is 17.2. The Morgan fingerprint density at radius 1 is 0.875 bits per heavy atom. The minimum Gasteiger partial charge on any atom is -0.743 e. The van der Waals surface area contributed by atoms with Crippen molar-refractivity contribution in [3.8, 4) is 0 Å². The van der Waals surface area contributed by atoms with E-state index in [0.29, 0.717) is 0 Å². The minimum absolute atomic E-state index is 1.17. The second kappa shape index (κ2) is 11.5. The first-order valence-corrected chi connectivity index (χ1v) is 10.8. The molecule has 0 saturated carbocycles. The van der Waals surface area contributed by atoms with Crippen LogP contribution in [0, 0.1) is 6.92 Å². The molecule has 0 radical (unpaired) electrons. The van der Waals surface area contributed by atoms with Crippen LogP contribution in [-0.2, 0) is 16.7 Å². The molecule has 1 aromatic rings. The lowest BCUT2D eigenvalue weighted by Gasteiger charge is -2.34. The molecule has 0 amide bonds. The summed E-state index contributed by atoms with van der Waals surface area (Å²) >= 11 is 0. The van der Waals surface area contributed by atoms with Gasteiger partial charge in [0.15, 0.2) is 22.5 Å². The van der Waals surface area contributed by atoms with Gasteiger partial charge in [0.2, 0.25) is 0 Å². The van der Waals surface area contributed by atoms with Gasteiger partial charge in [0.1, 0.15) is 6.54 Å². The van der Waals surface area contributed by atoms with Crippen LogP contribution >= 0.6 is 0 Å². The summed E-state index contributed by atoms with van der Waals surface area (Å²) in [6, 6.07) is 4.28. The Balaban J connectivity index is 0.000000604. The summed E-state index contributed by atoms with van der Waals surface area (Å²) in [6.07, 6.45) is 5.48. The topological polar surface area (TPSA) is 61.1 Å². The number of hydrogen-bond acceptors (Lipinski definition) is 3. The lowest BCUT2D eigenvalue weighted by Crippen LogP contribution is -2.63. The third-order valence-corrected chi connectivity index (χ3v) is 5.09. The first-order chi connectivity index (χ1) is 14.3. The summed E-state index contributed by atoms with van der Waals surface area (Å²) < 4.78 is 138. The average molecular weight is 505 g/mol. The predicted molar refractivity (Wildman–Crippen MR) is 95.3 cm³/mol. The molecular formula is C18H24F9NO3S. The average Bonchev–Trinajstić information content (AvgIpc) is 2.63. The monoisotopic (exact) mass is 505 g/mol. The van der Waals surface area contributed by atoms with Crippen LogP contribution in [0.1, 0.15) is 51.0 Å². The molecule has 0 aliphatic rings. The van der Waals surface area contributed by atoms with Gasteiger partial charge in [0.05, 0.1) is 0 Å². The van der Waals surface area contributed by atoms with E-state index in [9.17, 15) is 52.5 Å². The Hall–Kier alpha value is -1.57. The van der Waals surface area contributed by atoms with Crippen molar-refractivity contribution in [2.75, 3.05) is 0 Å². The quantitative estimate of drug-likeness (QED) is 0.180. The molecule has 0 unspecified atom stereocenters. The molecule has 4 nitrogen and oxygen atoms in total. The van der Waals surface area contributed by atoms with E-state index in [1.165, 1.54) is 50.6 Å². The maximum Gasteiger partial charge on any atom is 0.460 e. The second-order valence-corrected chi connectivity index (χ2v) is 8.43. The highest BCUT2D eigenvalue weighted by molar-refractivity contribution is 7.86. The van der Waals surface area contributed by atoms with Gasteiger partial charge >= 0.3 is 23.3 Å². The lowest BCUT2D eigenvalue weighted by molar-refractivity contribution is -0.697. The minimum atomic E-state index is -7.43. The third-order valence-electron chi connectivity index (χ3n) is 4.21. The van der Waals surface area contributed by atoms with Crippen LogP contribution < -0.4 is 4.57 Å². The van der Waals surface area contributed by atoms with Crippen molar-refractivity contribution < 1.29 is 57.1 Å². The molecule has 14 heteroatoms. The van der Waals surface area contributed by atoms with E-state index in [2.05, 4.69) is 42.9 Å². The van der Waals surface area contributed by atoms with Crippen molar-refractivity contribution in [1.82, 2.24) is 0 Å². The van der Waals surface area contributed by atoms with Gasteiger partial charge in [0.25, 0.3) is 0 Å². The van der Waals surface area contributed by atoms with Crippen molar-refractivity contribution >= 4 is 10.1 Å². The van der Waals surface area contributed by atoms with E-state index < -0.39 is 33.4 Å². The van der Waals surface area contributed by atoms with Crippen molar-refractivity contribution in [2.24, 2.45) is 0 Å². The van der Waals surface area contributed by atoms with E-state index in [0.717, 1.165) is 0 Å². The fourth-order valence-corrected chi connectivity index (χ4v) is 2.83. The van der Waals surface area contributed by atoms with Gasteiger partial charge in [-0.1, -0.05) is 32.6 Å². The molecular weight excluding hydrogens is 481 g/mol. The van der Waals surface area contributed by atoms with Gasteiger partial charge in [-0.15, -0.1) is 0 Å². The van der Waals surface area contributed by atoms with Crippen LogP contribution in [0.2, 0.25) is 0 Å². The van der Waals surface area contributed by atoms with Gasteiger partial charge in [-0.2, -0.15) is 39.5 Å². The molecule has 0 fully saturated rings. The molecule has 1 rings (SSSR count). The highest BCUT2D eigenvalue weighted by Gasteiger charge is 2.83. The number of aromatic nitrogens is 1. The zero-order valence-corrected chi connectivity index (χ0v) is 18.1. The molecule has 1 aromatic heterocycles. The lowest BCUT2D eigenvalue weighted by atomic mass is 10.1. The first kappa shape index (κ1) is 30.4. The van der Waals surface area contributed by atoms with Gasteiger partial charge in [-0.3, -0.25) is 0 Å². The fourth-order valence-electron chi connectivity index (χ4n) is 2.38. The van der Waals surface area contributed by atoms with Crippen LogP contribution in [-0.4, -0.2) is 36.2 Å². The Morgan fingerprint density at radius 2 is 1.38 bits per heavy atom. The summed E-state index contributed by atoms with van der Waals surface area (Å²) in [4.78, 5) is 0. The van der Waals surface area contributed by atoms with Crippen LogP contribution in [0.25, 0.3) is 0 Å². The largest absolute Gasteiger partial charge is 0.743 e. The number of nitrogens with zero attached hydrogens (tertiary/aromatic N) is 1. The van der Waals surface area contributed by atoms with Crippen molar-refractivity contribution in [3.63, 3.8) is 0 Å². The van der Waals surface area contributed by atoms with Crippen molar-refractivity contribution in [3.05, 3.63) is 30.1 Å². The molecule has 0 spiro atoms. The molecule has 0 aliphatic heterocycles. The second-order valence-electron chi connectivity index (χ2n) is 7.00. The normalized spacial score (nSPS) is 13.5. The number of aryl methyl sites for hydroxylation is 2. The molecule has 0 saturated heterocycles. The van der Waals surface area contributed by atoms with E-state index in [4.69, 9.17) is 0 Å². The number of halogens is 9.